The van der Waals surface area contributed by atoms with Gasteiger partial charge in [-0.2, -0.15) is 0 Å². The molecule has 0 aliphatic rings. The van der Waals surface area contributed by atoms with Crippen LogP contribution >= 0.6 is 11.3 Å². The van der Waals surface area contributed by atoms with Gasteiger partial charge in [-0.15, -0.1) is 11.3 Å². The molecule has 0 aliphatic carbocycles. The van der Waals surface area contributed by atoms with Crippen LogP contribution in [-0.2, 0) is 9.59 Å². The SMILES string of the molecule is O=C(O)CC(CC(=O)O)c1cncs1. The summed E-state index contributed by atoms with van der Waals surface area (Å²) in [7, 11) is 0. The molecule has 0 spiro atoms. The third-order valence-electron chi connectivity index (χ3n) is 1.70. The number of aromatic nitrogens is 1. The quantitative estimate of drug-likeness (QED) is 0.769. The van der Waals surface area contributed by atoms with Crippen LogP contribution in [0.15, 0.2) is 11.7 Å². The second-order valence-corrected chi connectivity index (χ2v) is 3.71. The van der Waals surface area contributed by atoms with E-state index in [1.165, 1.54) is 17.5 Å². The predicted octanol–water partition coefficient (Wildman–Crippen LogP) is 1.18. The van der Waals surface area contributed by atoms with Crippen LogP contribution in [0.2, 0.25) is 0 Å². The van der Waals surface area contributed by atoms with E-state index in [9.17, 15) is 9.59 Å². The van der Waals surface area contributed by atoms with Crippen molar-refractivity contribution in [2.75, 3.05) is 0 Å². The molecule has 1 rings (SSSR count). The Morgan fingerprint density at radius 2 is 1.93 bits per heavy atom. The molecule has 0 aliphatic heterocycles. The molecule has 2 N–H and O–H groups in total. The molecule has 0 bridgehead atoms. The van der Waals surface area contributed by atoms with Crippen molar-refractivity contribution in [2.24, 2.45) is 0 Å². The summed E-state index contributed by atoms with van der Waals surface area (Å²) >= 11 is 1.28. The highest BCUT2D eigenvalue weighted by molar-refractivity contribution is 7.09. The maximum atomic E-state index is 10.5. The zero-order valence-electron chi connectivity index (χ0n) is 7.21. The lowest BCUT2D eigenvalue weighted by atomic mass is 10.0. The molecule has 6 heteroatoms. The molecule has 0 unspecified atom stereocenters. The highest BCUT2D eigenvalue weighted by Gasteiger charge is 2.20. The van der Waals surface area contributed by atoms with Gasteiger partial charge in [0.2, 0.25) is 0 Å². The van der Waals surface area contributed by atoms with Crippen molar-refractivity contribution >= 4 is 23.3 Å². The minimum atomic E-state index is -0.996. The molecule has 0 saturated carbocycles. The summed E-state index contributed by atoms with van der Waals surface area (Å²) in [5.41, 5.74) is 1.56. The van der Waals surface area contributed by atoms with Crippen LogP contribution in [0.1, 0.15) is 23.6 Å². The zero-order chi connectivity index (χ0) is 10.6. The molecular weight excluding hydrogens is 206 g/mol. The molecule has 0 radical (unpaired) electrons. The molecule has 0 amide bonds. The largest absolute Gasteiger partial charge is 0.481 e. The second-order valence-electron chi connectivity index (χ2n) is 2.80. The molecule has 5 nitrogen and oxygen atoms in total. The van der Waals surface area contributed by atoms with Crippen LogP contribution in [0.5, 0.6) is 0 Å². The van der Waals surface area contributed by atoms with Crippen LogP contribution in [0.25, 0.3) is 0 Å². The number of carboxylic acids is 2. The van der Waals surface area contributed by atoms with Crippen LogP contribution in [-0.4, -0.2) is 27.1 Å². The Balaban J connectivity index is 2.71. The van der Waals surface area contributed by atoms with Crippen LogP contribution in [0.4, 0.5) is 0 Å². The average Bonchev–Trinajstić information content (AvgIpc) is 2.52. The van der Waals surface area contributed by atoms with Crippen molar-refractivity contribution < 1.29 is 19.8 Å². The normalized spacial score (nSPS) is 10.4. The fourth-order valence-electron chi connectivity index (χ4n) is 1.12. The number of thiazole rings is 1. The molecule has 1 heterocycles. The summed E-state index contributed by atoms with van der Waals surface area (Å²) < 4.78 is 0. The first-order valence-corrected chi connectivity index (χ1v) is 4.79. The first-order chi connectivity index (χ1) is 6.59. The summed E-state index contributed by atoms with van der Waals surface area (Å²) in [6.45, 7) is 0. The number of carbonyl (C=O) groups is 2. The molecule has 0 saturated heterocycles. The monoisotopic (exact) mass is 215 g/mol. The molecule has 0 atom stereocenters. The highest BCUT2D eigenvalue weighted by Crippen LogP contribution is 2.26. The number of aliphatic carboxylic acids is 2. The van der Waals surface area contributed by atoms with Gasteiger partial charge in [-0.25, -0.2) is 0 Å². The van der Waals surface area contributed by atoms with Crippen molar-refractivity contribution in [1.82, 2.24) is 4.98 Å². The van der Waals surface area contributed by atoms with Gasteiger partial charge in [-0.1, -0.05) is 0 Å². The third kappa shape index (κ3) is 3.14. The molecule has 14 heavy (non-hydrogen) atoms. The van der Waals surface area contributed by atoms with Crippen molar-refractivity contribution in [2.45, 2.75) is 18.8 Å². The highest BCUT2D eigenvalue weighted by atomic mass is 32.1. The Morgan fingerprint density at radius 3 is 2.29 bits per heavy atom. The van der Waals surface area contributed by atoms with E-state index in [0.29, 0.717) is 4.88 Å². The van der Waals surface area contributed by atoms with Gasteiger partial charge in [0.25, 0.3) is 0 Å². The maximum Gasteiger partial charge on any atom is 0.304 e. The standard InChI is InChI=1S/C8H9NO4S/c10-7(11)1-5(2-8(12)13)6-3-9-4-14-6/h3-5H,1-2H2,(H,10,11)(H,12,13). The molecule has 0 fully saturated rings. The maximum absolute atomic E-state index is 10.5. The Morgan fingerprint density at radius 1 is 1.36 bits per heavy atom. The van der Waals surface area contributed by atoms with Gasteiger partial charge in [0, 0.05) is 17.0 Å². The van der Waals surface area contributed by atoms with E-state index in [2.05, 4.69) is 4.98 Å². The van der Waals surface area contributed by atoms with Gasteiger partial charge < -0.3 is 10.2 Å². The first kappa shape index (κ1) is 10.6. The zero-order valence-corrected chi connectivity index (χ0v) is 8.03. The van der Waals surface area contributed by atoms with Gasteiger partial charge in [0.15, 0.2) is 0 Å². The number of rotatable bonds is 5. The van der Waals surface area contributed by atoms with Gasteiger partial charge in [0.05, 0.1) is 18.4 Å². The average molecular weight is 215 g/mol. The summed E-state index contributed by atoms with van der Waals surface area (Å²) in [6.07, 6.45) is 1.17. The van der Waals surface area contributed by atoms with Crippen LogP contribution in [0, 0.1) is 0 Å². The number of nitrogens with zero attached hydrogens (tertiary/aromatic N) is 1. The topological polar surface area (TPSA) is 87.5 Å². The summed E-state index contributed by atoms with van der Waals surface area (Å²) in [5.74, 6) is -2.47. The molecular formula is C8H9NO4S. The Hall–Kier alpha value is -1.43. The smallest absolute Gasteiger partial charge is 0.304 e. The van der Waals surface area contributed by atoms with E-state index in [1.54, 1.807) is 5.51 Å². The Bertz CT molecular complexity index is 306. The summed E-state index contributed by atoms with van der Waals surface area (Å²) in [6, 6.07) is 0. The molecule has 0 aromatic carbocycles. The molecule has 1 aromatic heterocycles. The Labute approximate surface area is 84.0 Å². The van der Waals surface area contributed by atoms with Crippen molar-refractivity contribution in [3.63, 3.8) is 0 Å². The van der Waals surface area contributed by atoms with Gasteiger partial charge >= 0.3 is 11.9 Å². The van der Waals surface area contributed by atoms with E-state index in [-0.39, 0.29) is 12.8 Å². The Kier molecular flexibility index (Phi) is 3.58. The first-order valence-electron chi connectivity index (χ1n) is 3.91. The van der Waals surface area contributed by atoms with Crippen molar-refractivity contribution in [3.8, 4) is 0 Å². The van der Waals surface area contributed by atoms with Crippen molar-refractivity contribution in [1.29, 1.82) is 0 Å². The summed E-state index contributed by atoms with van der Waals surface area (Å²) in [4.78, 5) is 25.4. The summed E-state index contributed by atoms with van der Waals surface area (Å²) in [5, 5.41) is 17.2. The lowest BCUT2D eigenvalue weighted by molar-refractivity contribution is -0.139. The van der Waals surface area contributed by atoms with E-state index < -0.39 is 17.9 Å². The minimum absolute atomic E-state index is 0.172. The van der Waals surface area contributed by atoms with Crippen molar-refractivity contribution in [3.05, 3.63) is 16.6 Å². The van der Waals surface area contributed by atoms with Gasteiger partial charge in [-0.3, -0.25) is 14.6 Å². The fourth-order valence-corrected chi connectivity index (χ4v) is 1.85. The number of hydrogen-bond acceptors (Lipinski definition) is 4. The van der Waals surface area contributed by atoms with Gasteiger partial charge in [0.1, 0.15) is 0 Å². The van der Waals surface area contributed by atoms with E-state index in [0.717, 1.165) is 0 Å². The van der Waals surface area contributed by atoms with E-state index >= 15 is 0 Å². The minimum Gasteiger partial charge on any atom is -0.481 e. The molecule has 76 valence electrons. The van der Waals surface area contributed by atoms with E-state index in [1.807, 2.05) is 0 Å². The van der Waals surface area contributed by atoms with E-state index in [4.69, 9.17) is 10.2 Å². The van der Waals surface area contributed by atoms with Gasteiger partial charge in [-0.05, 0) is 0 Å². The molecule has 1 aromatic rings. The predicted molar refractivity (Wildman–Crippen MR) is 49.4 cm³/mol. The fraction of sp³-hybridized carbons (Fsp3) is 0.375. The third-order valence-corrected chi connectivity index (χ3v) is 2.63. The lowest BCUT2D eigenvalue weighted by Gasteiger charge is -2.08. The number of hydrogen-bond donors (Lipinski definition) is 2. The lowest BCUT2D eigenvalue weighted by Crippen LogP contribution is -2.10. The number of carboxylic acid groups (broad SMARTS) is 2. The van der Waals surface area contributed by atoms with Crippen LogP contribution in [0.3, 0.4) is 0 Å². The second kappa shape index (κ2) is 4.71. The van der Waals surface area contributed by atoms with Crippen LogP contribution < -0.4 is 0 Å².